The van der Waals surface area contributed by atoms with Crippen molar-refractivity contribution < 1.29 is 9.59 Å². The number of fused-ring (bicyclic) bond motifs is 1. The lowest BCUT2D eigenvalue weighted by Gasteiger charge is -2.16. The van der Waals surface area contributed by atoms with E-state index in [1.807, 2.05) is 6.07 Å². The van der Waals surface area contributed by atoms with Gasteiger partial charge in [-0.2, -0.15) is 0 Å². The number of Topliss-reactive ketones (excluding diaryl/α,β-unsaturated/α-hetero) is 1. The molecule has 0 N–H and O–H groups in total. The van der Waals surface area contributed by atoms with Crippen LogP contribution in [0.1, 0.15) is 15.9 Å². The summed E-state index contributed by atoms with van der Waals surface area (Å²) in [5, 5.41) is 0.489. The summed E-state index contributed by atoms with van der Waals surface area (Å²) in [5.41, 5.74) is 1.77. The SMILES string of the molecule is O=C1C(=O)N(Cc2cncc(Br)c2)c2cc(Cl)ccc21. The molecule has 20 heavy (non-hydrogen) atoms. The Hall–Kier alpha value is -1.72. The smallest absolute Gasteiger partial charge is 0.299 e. The van der Waals surface area contributed by atoms with Gasteiger partial charge in [0.1, 0.15) is 0 Å². The third-order valence-electron chi connectivity index (χ3n) is 3.04. The number of amides is 1. The van der Waals surface area contributed by atoms with Crippen molar-refractivity contribution in [1.82, 2.24) is 4.98 Å². The Morgan fingerprint density at radius 2 is 2.00 bits per heavy atom. The van der Waals surface area contributed by atoms with Crippen molar-refractivity contribution >= 4 is 44.9 Å². The molecule has 2 heterocycles. The second kappa shape index (κ2) is 5.00. The van der Waals surface area contributed by atoms with E-state index in [0.717, 1.165) is 10.0 Å². The van der Waals surface area contributed by atoms with Gasteiger partial charge in [-0.3, -0.25) is 14.6 Å². The number of benzene rings is 1. The zero-order valence-electron chi connectivity index (χ0n) is 10.1. The Balaban J connectivity index is 2.01. The summed E-state index contributed by atoms with van der Waals surface area (Å²) in [7, 11) is 0. The van der Waals surface area contributed by atoms with Gasteiger partial charge in [-0.25, -0.2) is 0 Å². The highest BCUT2D eigenvalue weighted by Gasteiger charge is 2.35. The maximum Gasteiger partial charge on any atom is 0.299 e. The van der Waals surface area contributed by atoms with Gasteiger partial charge in [0.15, 0.2) is 0 Å². The van der Waals surface area contributed by atoms with E-state index in [4.69, 9.17) is 11.6 Å². The van der Waals surface area contributed by atoms with Gasteiger partial charge in [0, 0.05) is 21.9 Å². The van der Waals surface area contributed by atoms with Crippen LogP contribution in [0.5, 0.6) is 0 Å². The molecular weight excluding hydrogens is 344 g/mol. The van der Waals surface area contributed by atoms with Crippen LogP contribution in [-0.4, -0.2) is 16.7 Å². The predicted molar refractivity (Wildman–Crippen MR) is 78.9 cm³/mol. The quantitative estimate of drug-likeness (QED) is 0.781. The average molecular weight is 352 g/mol. The van der Waals surface area contributed by atoms with Crippen molar-refractivity contribution in [3.8, 4) is 0 Å². The fraction of sp³-hybridized carbons (Fsp3) is 0.0714. The molecule has 0 saturated carbocycles. The van der Waals surface area contributed by atoms with Crippen LogP contribution < -0.4 is 4.90 Å². The van der Waals surface area contributed by atoms with Crippen molar-refractivity contribution in [1.29, 1.82) is 0 Å². The molecule has 0 fully saturated rings. The van der Waals surface area contributed by atoms with Gasteiger partial charge < -0.3 is 4.90 Å². The van der Waals surface area contributed by atoms with Crippen LogP contribution in [-0.2, 0) is 11.3 Å². The van der Waals surface area contributed by atoms with Crippen molar-refractivity contribution in [2.45, 2.75) is 6.54 Å². The Morgan fingerprint density at radius 1 is 1.20 bits per heavy atom. The number of rotatable bonds is 2. The molecule has 3 rings (SSSR count). The molecule has 4 nitrogen and oxygen atoms in total. The van der Waals surface area contributed by atoms with Crippen LogP contribution in [0.25, 0.3) is 0 Å². The lowest BCUT2D eigenvalue weighted by Crippen LogP contribution is -2.29. The van der Waals surface area contributed by atoms with E-state index in [-0.39, 0.29) is 6.54 Å². The number of pyridine rings is 1. The number of ketones is 1. The predicted octanol–water partition coefficient (Wildman–Crippen LogP) is 3.23. The van der Waals surface area contributed by atoms with E-state index in [1.165, 1.54) is 4.90 Å². The molecule has 1 aliphatic rings. The summed E-state index contributed by atoms with van der Waals surface area (Å²) in [5.74, 6) is -1.04. The number of halogens is 2. The largest absolute Gasteiger partial charge is 0.300 e. The van der Waals surface area contributed by atoms with Crippen molar-refractivity contribution in [2.75, 3.05) is 4.90 Å². The molecule has 1 aromatic heterocycles. The maximum absolute atomic E-state index is 12.1. The zero-order valence-corrected chi connectivity index (χ0v) is 12.5. The van der Waals surface area contributed by atoms with Gasteiger partial charge in [0.2, 0.25) is 0 Å². The first-order valence-electron chi connectivity index (χ1n) is 5.81. The number of hydrogen-bond donors (Lipinski definition) is 0. The summed E-state index contributed by atoms with van der Waals surface area (Å²) in [6.45, 7) is 0.282. The normalized spacial score (nSPS) is 13.8. The van der Waals surface area contributed by atoms with Crippen LogP contribution in [0.15, 0.2) is 41.1 Å². The van der Waals surface area contributed by atoms with Gasteiger partial charge in [0.05, 0.1) is 17.8 Å². The Morgan fingerprint density at radius 3 is 2.75 bits per heavy atom. The first kappa shape index (κ1) is 13.3. The van der Waals surface area contributed by atoms with Gasteiger partial charge >= 0.3 is 0 Å². The summed E-state index contributed by atoms with van der Waals surface area (Å²) in [6, 6.07) is 6.67. The highest BCUT2D eigenvalue weighted by Crippen LogP contribution is 2.32. The Labute approximate surface area is 128 Å². The summed E-state index contributed by atoms with van der Waals surface area (Å²) >= 11 is 9.27. The molecule has 1 aliphatic heterocycles. The van der Waals surface area contributed by atoms with E-state index in [0.29, 0.717) is 16.3 Å². The monoisotopic (exact) mass is 350 g/mol. The molecular formula is C14H8BrClN2O2. The molecule has 0 spiro atoms. The maximum atomic E-state index is 12.1. The highest BCUT2D eigenvalue weighted by atomic mass is 79.9. The van der Waals surface area contributed by atoms with E-state index in [2.05, 4.69) is 20.9 Å². The van der Waals surface area contributed by atoms with Gasteiger partial charge in [-0.05, 0) is 45.8 Å². The van der Waals surface area contributed by atoms with Crippen LogP contribution in [0.2, 0.25) is 5.02 Å². The van der Waals surface area contributed by atoms with E-state index < -0.39 is 11.7 Å². The number of anilines is 1. The fourth-order valence-electron chi connectivity index (χ4n) is 2.15. The summed E-state index contributed by atoms with van der Waals surface area (Å²) in [4.78, 5) is 29.5. The second-order valence-corrected chi connectivity index (χ2v) is 5.75. The highest BCUT2D eigenvalue weighted by molar-refractivity contribution is 9.10. The summed E-state index contributed by atoms with van der Waals surface area (Å²) in [6.07, 6.45) is 3.32. The minimum Gasteiger partial charge on any atom is -0.300 e. The summed E-state index contributed by atoms with van der Waals surface area (Å²) < 4.78 is 0.819. The molecule has 1 aromatic carbocycles. The van der Waals surface area contributed by atoms with Crippen LogP contribution >= 0.6 is 27.5 Å². The molecule has 2 aromatic rings. The molecule has 0 saturated heterocycles. The molecule has 0 unspecified atom stereocenters. The van der Waals surface area contributed by atoms with Crippen LogP contribution in [0.4, 0.5) is 5.69 Å². The first-order chi connectivity index (χ1) is 9.56. The number of nitrogens with zero attached hydrogens (tertiary/aromatic N) is 2. The minimum atomic E-state index is -0.540. The number of hydrogen-bond acceptors (Lipinski definition) is 3. The van der Waals surface area contributed by atoms with Gasteiger partial charge in [0.25, 0.3) is 11.7 Å². The zero-order chi connectivity index (χ0) is 14.3. The van der Waals surface area contributed by atoms with Crippen molar-refractivity contribution in [3.63, 3.8) is 0 Å². The number of carbonyl (C=O) groups is 2. The molecule has 0 atom stereocenters. The lowest BCUT2D eigenvalue weighted by atomic mass is 10.1. The van der Waals surface area contributed by atoms with Gasteiger partial charge in [-0.1, -0.05) is 11.6 Å². The third kappa shape index (κ3) is 2.23. The molecule has 0 radical (unpaired) electrons. The molecule has 0 aliphatic carbocycles. The second-order valence-electron chi connectivity index (χ2n) is 4.39. The molecule has 1 amide bonds. The van der Waals surface area contributed by atoms with Crippen LogP contribution in [0, 0.1) is 0 Å². The van der Waals surface area contributed by atoms with Gasteiger partial charge in [-0.15, -0.1) is 0 Å². The molecule has 6 heteroatoms. The molecule has 100 valence electrons. The number of aromatic nitrogens is 1. The topological polar surface area (TPSA) is 50.3 Å². The van der Waals surface area contributed by atoms with Crippen LogP contribution in [0.3, 0.4) is 0 Å². The number of carbonyl (C=O) groups excluding carboxylic acids is 2. The fourth-order valence-corrected chi connectivity index (χ4v) is 2.73. The Bertz CT molecular complexity index is 733. The Kier molecular flexibility index (Phi) is 3.31. The van der Waals surface area contributed by atoms with Crippen molar-refractivity contribution in [2.24, 2.45) is 0 Å². The third-order valence-corrected chi connectivity index (χ3v) is 3.71. The van der Waals surface area contributed by atoms with E-state index in [9.17, 15) is 9.59 Å². The standard InChI is InChI=1S/C14H8BrClN2O2/c15-9-3-8(5-17-6-9)7-18-12-4-10(16)1-2-11(12)13(19)14(18)20/h1-6H,7H2. The van der Waals surface area contributed by atoms with Crippen molar-refractivity contribution in [3.05, 3.63) is 57.3 Å². The average Bonchev–Trinajstić information content (AvgIpc) is 2.64. The lowest BCUT2D eigenvalue weighted by molar-refractivity contribution is -0.114. The van der Waals surface area contributed by atoms with E-state index in [1.54, 1.807) is 30.6 Å². The molecule has 0 bridgehead atoms. The van der Waals surface area contributed by atoms with E-state index >= 15 is 0 Å². The minimum absolute atomic E-state index is 0.282. The first-order valence-corrected chi connectivity index (χ1v) is 6.98.